The summed E-state index contributed by atoms with van der Waals surface area (Å²) in [5.41, 5.74) is 10.6. The van der Waals surface area contributed by atoms with Crippen molar-refractivity contribution in [1.29, 1.82) is 0 Å². The van der Waals surface area contributed by atoms with Gasteiger partial charge in [0, 0.05) is 38.7 Å². The Bertz CT molecular complexity index is 2420. The molecule has 6 aromatic carbocycles. The Balaban J connectivity index is 1.28. The lowest BCUT2D eigenvalue weighted by molar-refractivity contribution is 1.14. The van der Waals surface area contributed by atoms with Gasteiger partial charge in [0.15, 0.2) is 5.82 Å². The standard InChI is InChI=1S/C40H26N4/c1-3-13-27(14-4-1)37-39-38(33-19-9-12-22-36(33)44(39)29-15-5-2-6-16-29)42-40(41-37)28-23-25-30(26-24-28)43-34-20-10-7-17-31(34)32-18-8-11-21-35(32)43/h1-26H. The van der Waals surface area contributed by atoms with Crippen LogP contribution in [0.5, 0.6) is 0 Å². The molecule has 0 aliphatic rings. The summed E-state index contributed by atoms with van der Waals surface area (Å²) in [5.74, 6) is 0.709. The molecule has 9 aromatic rings. The van der Waals surface area contributed by atoms with E-state index in [0.29, 0.717) is 5.82 Å². The number of hydrogen-bond acceptors (Lipinski definition) is 2. The van der Waals surface area contributed by atoms with Gasteiger partial charge in [-0.1, -0.05) is 103 Å². The summed E-state index contributed by atoms with van der Waals surface area (Å²) < 4.78 is 4.63. The fourth-order valence-electron chi connectivity index (χ4n) is 6.58. The van der Waals surface area contributed by atoms with E-state index >= 15 is 0 Å². The fraction of sp³-hybridized carbons (Fsp3) is 0. The Morgan fingerprint density at radius 3 is 1.50 bits per heavy atom. The monoisotopic (exact) mass is 562 g/mol. The normalized spacial score (nSPS) is 11.6. The molecule has 0 saturated heterocycles. The Hall–Kier alpha value is -6.00. The molecule has 0 spiro atoms. The molecule has 3 heterocycles. The van der Waals surface area contributed by atoms with Crippen LogP contribution >= 0.6 is 0 Å². The number of para-hydroxylation sites is 4. The van der Waals surface area contributed by atoms with E-state index in [1.165, 1.54) is 21.8 Å². The largest absolute Gasteiger partial charge is 0.309 e. The third-order valence-corrected chi connectivity index (χ3v) is 8.53. The van der Waals surface area contributed by atoms with E-state index in [4.69, 9.17) is 9.97 Å². The molecule has 0 aliphatic heterocycles. The van der Waals surface area contributed by atoms with E-state index in [2.05, 4.69) is 155 Å². The van der Waals surface area contributed by atoms with Gasteiger partial charge in [0.25, 0.3) is 0 Å². The summed E-state index contributed by atoms with van der Waals surface area (Å²) in [6, 6.07) is 55.3. The molecule has 0 bridgehead atoms. The molecular weight excluding hydrogens is 536 g/mol. The summed E-state index contributed by atoms with van der Waals surface area (Å²) in [6.07, 6.45) is 0. The van der Waals surface area contributed by atoms with Crippen LogP contribution in [-0.4, -0.2) is 19.1 Å². The SMILES string of the molecule is c1ccc(-c2nc(-c3ccc(-n4c5ccccc5c5ccccc54)cc3)nc3c4ccccc4n(-c4ccccc4)c23)cc1. The topological polar surface area (TPSA) is 35.6 Å². The van der Waals surface area contributed by atoms with Crippen molar-refractivity contribution < 1.29 is 0 Å². The minimum absolute atomic E-state index is 0.709. The molecule has 44 heavy (non-hydrogen) atoms. The number of benzene rings is 6. The molecular formula is C40H26N4. The van der Waals surface area contributed by atoms with Crippen molar-refractivity contribution in [1.82, 2.24) is 19.1 Å². The smallest absolute Gasteiger partial charge is 0.160 e. The van der Waals surface area contributed by atoms with Gasteiger partial charge in [0.2, 0.25) is 0 Å². The maximum absolute atomic E-state index is 5.28. The van der Waals surface area contributed by atoms with Crippen molar-refractivity contribution >= 4 is 43.7 Å². The van der Waals surface area contributed by atoms with Gasteiger partial charge in [-0.3, -0.25) is 0 Å². The van der Waals surface area contributed by atoms with Crippen LogP contribution in [0.15, 0.2) is 158 Å². The van der Waals surface area contributed by atoms with Crippen molar-refractivity contribution in [2.45, 2.75) is 0 Å². The summed E-state index contributed by atoms with van der Waals surface area (Å²) in [4.78, 5) is 10.5. The zero-order valence-electron chi connectivity index (χ0n) is 23.8. The van der Waals surface area contributed by atoms with Gasteiger partial charge in [0.1, 0.15) is 5.52 Å². The van der Waals surface area contributed by atoms with Gasteiger partial charge in [-0.25, -0.2) is 9.97 Å². The molecule has 206 valence electrons. The Morgan fingerprint density at radius 1 is 0.364 bits per heavy atom. The third kappa shape index (κ3) is 3.71. The Labute approximate surface area is 254 Å². The minimum Gasteiger partial charge on any atom is -0.309 e. The third-order valence-electron chi connectivity index (χ3n) is 8.53. The first-order valence-corrected chi connectivity index (χ1v) is 14.9. The Morgan fingerprint density at radius 2 is 0.864 bits per heavy atom. The molecule has 4 nitrogen and oxygen atoms in total. The number of fused-ring (bicyclic) bond motifs is 6. The molecule has 3 aromatic heterocycles. The van der Waals surface area contributed by atoms with Crippen LogP contribution in [0.25, 0.3) is 77.8 Å². The molecule has 0 saturated carbocycles. The van der Waals surface area contributed by atoms with Gasteiger partial charge in [-0.2, -0.15) is 0 Å². The number of aromatic nitrogens is 4. The number of nitrogens with zero attached hydrogens (tertiary/aromatic N) is 4. The predicted molar refractivity (Wildman–Crippen MR) is 182 cm³/mol. The van der Waals surface area contributed by atoms with E-state index in [1.54, 1.807) is 0 Å². The van der Waals surface area contributed by atoms with E-state index in [-0.39, 0.29) is 0 Å². The van der Waals surface area contributed by atoms with Crippen LogP contribution in [0.2, 0.25) is 0 Å². The van der Waals surface area contributed by atoms with Gasteiger partial charge in [-0.05, 0) is 54.6 Å². The summed E-state index contributed by atoms with van der Waals surface area (Å²) >= 11 is 0. The van der Waals surface area contributed by atoms with Gasteiger partial charge >= 0.3 is 0 Å². The fourth-order valence-corrected chi connectivity index (χ4v) is 6.58. The highest BCUT2D eigenvalue weighted by Gasteiger charge is 2.21. The maximum atomic E-state index is 5.28. The van der Waals surface area contributed by atoms with E-state index in [0.717, 1.165) is 50.1 Å². The van der Waals surface area contributed by atoms with Crippen LogP contribution in [0.1, 0.15) is 0 Å². The van der Waals surface area contributed by atoms with Crippen molar-refractivity contribution in [2.75, 3.05) is 0 Å². The van der Waals surface area contributed by atoms with Gasteiger partial charge in [0.05, 0.1) is 27.8 Å². The van der Waals surface area contributed by atoms with E-state index in [1.807, 2.05) is 12.1 Å². The Kier molecular flexibility index (Phi) is 5.47. The second kappa shape index (κ2) is 9.79. The lowest BCUT2D eigenvalue weighted by atomic mass is 10.1. The van der Waals surface area contributed by atoms with Gasteiger partial charge in [-0.15, -0.1) is 0 Å². The molecule has 0 radical (unpaired) electrons. The zero-order chi connectivity index (χ0) is 29.0. The second-order valence-corrected chi connectivity index (χ2v) is 11.1. The van der Waals surface area contributed by atoms with Crippen molar-refractivity contribution in [2.24, 2.45) is 0 Å². The predicted octanol–water partition coefficient (Wildman–Crippen LogP) is 10.0. The van der Waals surface area contributed by atoms with Gasteiger partial charge < -0.3 is 9.13 Å². The zero-order valence-corrected chi connectivity index (χ0v) is 23.8. The van der Waals surface area contributed by atoms with Crippen molar-refractivity contribution in [3.05, 3.63) is 158 Å². The summed E-state index contributed by atoms with van der Waals surface area (Å²) in [6.45, 7) is 0. The lowest BCUT2D eigenvalue weighted by Gasteiger charge is -2.13. The number of rotatable bonds is 4. The average Bonchev–Trinajstić information content (AvgIpc) is 3.62. The molecule has 0 N–H and O–H groups in total. The maximum Gasteiger partial charge on any atom is 0.160 e. The molecule has 9 rings (SSSR count). The highest BCUT2D eigenvalue weighted by molar-refractivity contribution is 6.12. The van der Waals surface area contributed by atoms with Crippen LogP contribution < -0.4 is 0 Å². The first-order valence-electron chi connectivity index (χ1n) is 14.9. The molecule has 0 aliphatic carbocycles. The van der Waals surface area contributed by atoms with Crippen LogP contribution in [-0.2, 0) is 0 Å². The molecule has 4 heteroatoms. The highest BCUT2D eigenvalue weighted by atomic mass is 15.0. The first-order chi connectivity index (χ1) is 21.8. The second-order valence-electron chi connectivity index (χ2n) is 11.1. The van der Waals surface area contributed by atoms with E-state index in [9.17, 15) is 0 Å². The lowest BCUT2D eigenvalue weighted by Crippen LogP contribution is -2.00. The van der Waals surface area contributed by atoms with Crippen LogP contribution in [0.4, 0.5) is 0 Å². The highest BCUT2D eigenvalue weighted by Crippen LogP contribution is 2.38. The minimum atomic E-state index is 0.709. The first kappa shape index (κ1) is 24.6. The molecule has 0 fully saturated rings. The number of hydrogen-bond donors (Lipinski definition) is 0. The van der Waals surface area contributed by atoms with E-state index < -0.39 is 0 Å². The molecule has 0 amide bonds. The van der Waals surface area contributed by atoms with Crippen molar-refractivity contribution in [3.8, 4) is 34.0 Å². The van der Waals surface area contributed by atoms with Crippen LogP contribution in [0, 0.1) is 0 Å². The quantitative estimate of drug-likeness (QED) is 0.214. The molecule has 0 atom stereocenters. The molecule has 0 unspecified atom stereocenters. The van der Waals surface area contributed by atoms with Crippen molar-refractivity contribution in [3.63, 3.8) is 0 Å². The summed E-state index contributed by atoms with van der Waals surface area (Å²) in [7, 11) is 0. The van der Waals surface area contributed by atoms with Crippen LogP contribution in [0.3, 0.4) is 0 Å². The average molecular weight is 563 g/mol. The summed E-state index contributed by atoms with van der Waals surface area (Å²) in [5, 5.41) is 3.61.